The van der Waals surface area contributed by atoms with Crippen LogP contribution in [0.15, 0.2) is 42.5 Å². The number of nitrogens with zero attached hydrogens (tertiary/aromatic N) is 1. The van der Waals surface area contributed by atoms with Gasteiger partial charge in [0.2, 0.25) is 6.29 Å². The lowest BCUT2D eigenvalue weighted by Gasteiger charge is -2.16. The first-order valence-corrected chi connectivity index (χ1v) is 8.16. The summed E-state index contributed by atoms with van der Waals surface area (Å²) in [5.41, 5.74) is 3.12. The minimum absolute atomic E-state index is 0.0397. The molecule has 5 heteroatoms. The van der Waals surface area contributed by atoms with Crippen LogP contribution in [-0.2, 0) is 16.2 Å². The Morgan fingerprint density at radius 3 is 2.68 bits per heavy atom. The number of hydrogen-bond donors (Lipinski definition) is 2. The Morgan fingerprint density at radius 1 is 1.20 bits per heavy atom. The van der Waals surface area contributed by atoms with Crippen molar-refractivity contribution in [1.29, 1.82) is 0 Å². The SMILES string of the molecule is CC(=O)CC([C]=O)CNc1c2ccccc2nc2c(CO)cccc12. The second-order valence-corrected chi connectivity index (χ2v) is 6.08. The third-order valence-electron chi connectivity index (χ3n) is 4.19. The van der Waals surface area contributed by atoms with Crippen LogP contribution in [0.4, 0.5) is 5.69 Å². The molecule has 3 aromatic rings. The number of carbonyl (C=O) groups excluding carboxylic acids is 2. The van der Waals surface area contributed by atoms with Crippen molar-refractivity contribution in [2.24, 2.45) is 5.92 Å². The summed E-state index contributed by atoms with van der Waals surface area (Å²) in [6.45, 7) is 1.68. The number of aliphatic hydroxyl groups excluding tert-OH is 1. The van der Waals surface area contributed by atoms with Crippen LogP contribution in [0.2, 0.25) is 0 Å². The van der Waals surface area contributed by atoms with Crippen molar-refractivity contribution in [3.8, 4) is 0 Å². The molecule has 0 saturated carbocycles. The lowest BCUT2D eigenvalue weighted by Crippen LogP contribution is -2.18. The second-order valence-electron chi connectivity index (χ2n) is 6.08. The van der Waals surface area contributed by atoms with Crippen LogP contribution < -0.4 is 5.32 Å². The van der Waals surface area contributed by atoms with Gasteiger partial charge in [0.15, 0.2) is 0 Å². The number of carbonyl (C=O) groups is 1. The van der Waals surface area contributed by atoms with Gasteiger partial charge in [0.1, 0.15) is 5.78 Å². The average molecular weight is 335 g/mol. The number of aliphatic hydroxyl groups is 1. The first-order valence-electron chi connectivity index (χ1n) is 8.16. The molecule has 1 heterocycles. The summed E-state index contributed by atoms with van der Waals surface area (Å²) in [6.07, 6.45) is 2.10. The maximum atomic E-state index is 11.3. The van der Waals surface area contributed by atoms with E-state index in [0.29, 0.717) is 6.54 Å². The fourth-order valence-electron chi connectivity index (χ4n) is 3.02. The van der Waals surface area contributed by atoms with E-state index in [0.717, 1.165) is 33.1 Å². The molecule has 2 N–H and O–H groups in total. The number of anilines is 1. The predicted molar refractivity (Wildman–Crippen MR) is 98.1 cm³/mol. The fraction of sp³-hybridized carbons (Fsp3) is 0.250. The Morgan fingerprint density at radius 2 is 1.96 bits per heavy atom. The van der Waals surface area contributed by atoms with Crippen LogP contribution in [-0.4, -0.2) is 28.7 Å². The van der Waals surface area contributed by atoms with Crippen LogP contribution in [0.3, 0.4) is 0 Å². The third kappa shape index (κ3) is 3.51. The summed E-state index contributed by atoms with van der Waals surface area (Å²) in [5.74, 6) is -0.539. The van der Waals surface area contributed by atoms with E-state index in [2.05, 4.69) is 10.3 Å². The summed E-state index contributed by atoms with van der Waals surface area (Å²) >= 11 is 0. The van der Waals surface area contributed by atoms with Gasteiger partial charge in [-0.2, -0.15) is 0 Å². The van der Waals surface area contributed by atoms with Gasteiger partial charge in [0.05, 0.1) is 23.3 Å². The van der Waals surface area contributed by atoms with Crippen molar-refractivity contribution >= 4 is 39.6 Å². The molecule has 3 rings (SSSR count). The normalized spacial score (nSPS) is 12.2. The van der Waals surface area contributed by atoms with Crippen LogP contribution in [0.25, 0.3) is 21.8 Å². The largest absolute Gasteiger partial charge is 0.392 e. The maximum Gasteiger partial charge on any atom is 0.204 e. The molecule has 2 aromatic carbocycles. The van der Waals surface area contributed by atoms with Gasteiger partial charge in [-0.1, -0.05) is 36.4 Å². The van der Waals surface area contributed by atoms with E-state index in [1.807, 2.05) is 48.8 Å². The highest BCUT2D eigenvalue weighted by molar-refractivity contribution is 6.08. The summed E-state index contributed by atoms with van der Waals surface area (Å²) < 4.78 is 0. The number of ketones is 1. The van der Waals surface area contributed by atoms with Crippen LogP contribution in [0, 0.1) is 5.92 Å². The van der Waals surface area contributed by atoms with Crippen LogP contribution >= 0.6 is 0 Å². The zero-order valence-electron chi connectivity index (χ0n) is 14.0. The van der Waals surface area contributed by atoms with Gasteiger partial charge in [-0.05, 0) is 13.0 Å². The second kappa shape index (κ2) is 7.40. The van der Waals surface area contributed by atoms with E-state index in [1.54, 1.807) is 0 Å². The standard InChI is InChI=1S/C20H19N2O3/c1-13(25)9-14(11-23)10-21-20-16-6-2-3-8-18(16)22-19-15(12-24)5-4-7-17(19)20/h2-8,14,24H,9-10,12H2,1H3,(H,21,22). The van der Waals surface area contributed by atoms with Gasteiger partial charge in [-0.25, -0.2) is 4.98 Å². The molecule has 5 nitrogen and oxygen atoms in total. The van der Waals surface area contributed by atoms with Gasteiger partial charge in [-0.3, -0.25) is 4.79 Å². The van der Waals surface area contributed by atoms with E-state index >= 15 is 0 Å². The van der Waals surface area contributed by atoms with Crippen molar-refractivity contribution in [2.75, 3.05) is 11.9 Å². The van der Waals surface area contributed by atoms with Crippen molar-refractivity contribution in [3.63, 3.8) is 0 Å². The Hall–Kier alpha value is -2.79. The van der Waals surface area contributed by atoms with Crippen molar-refractivity contribution in [2.45, 2.75) is 20.0 Å². The molecular formula is C20H19N2O3. The summed E-state index contributed by atoms with van der Waals surface area (Å²) in [7, 11) is 0. The smallest absolute Gasteiger partial charge is 0.204 e. The summed E-state index contributed by atoms with van der Waals surface area (Å²) in [4.78, 5) is 27.1. The predicted octanol–water partition coefficient (Wildman–Crippen LogP) is 3.00. The minimum atomic E-state index is -0.500. The Labute approximate surface area is 145 Å². The number of pyridine rings is 1. The monoisotopic (exact) mass is 335 g/mol. The van der Waals surface area contributed by atoms with E-state index in [1.165, 1.54) is 6.92 Å². The van der Waals surface area contributed by atoms with Gasteiger partial charge < -0.3 is 15.2 Å². The van der Waals surface area contributed by atoms with Gasteiger partial charge in [0, 0.05) is 35.2 Å². The number of aromatic nitrogens is 1. The van der Waals surface area contributed by atoms with Crippen LogP contribution in [0.5, 0.6) is 0 Å². The molecular weight excluding hydrogens is 316 g/mol. The van der Waals surface area contributed by atoms with Crippen molar-refractivity contribution in [1.82, 2.24) is 4.98 Å². The molecule has 25 heavy (non-hydrogen) atoms. The van der Waals surface area contributed by atoms with Crippen molar-refractivity contribution in [3.05, 3.63) is 48.0 Å². The van der Waals surface area contributed by atoms with Gasteiger partial charge >= 0.3 is 0 Å². The number of Topliss-reactive ketones (excluding diaryl/α,β-unsaturated/α-hetero) is 1. The lowest BCUT2D eigenvalue weighted by atomic mass is 10.0. The minimum Gasteiger partial charge on any atom is -0.392 e. The molecule has 0 amide bonds. The molecule has 0 aliphatic rings. The zero-order chi connectivity index (χ0) is 17.8. The molecule has 0 aliphatic heterocycles. The molecule has 0 bridgehead atoms. The van der Waals surface area contributed by atoms with Gasteiger partial charge in [0.25, 0.3) is 0 Å². The molecule has 1 radical (unpaired) electrons. The molecule has 0 aliphatic carbocycles. The Balaban J connectivity index is 2.10. The van der Waals surface area contributed by atoms with E-state index < -0.39 is 5.92 Å². The zero-order valence-corrected chi connectivity index (χ0v) is 14.0. The number of benzene rings is 2. The highest BCUT2D eigenvalue weighted by atomic mass is 16.3. The van der Waals surface area contributed by atoms with Crippen LogP contribution in [0.1, 0.15) is 18.9 Å². The molecule has 1 aromatic heterocycles. The first-order chi connectivity index (χ1) is 12.1. The molecule has 1 unspecified atom stereocenters. The average Bonchev–Trinajstić information content (AvgIpc) is 2.63. The summed E-state index contributed by atoms with van der Waals surface area (Å²) in [5, 5.41) is 14.7. The molecule has 0 fully saturated rings. The summed E-state index contributed by atoms with van der Waals surface area (Å²) in [6, 6.07) is 13.3. The number of hydrogen-bond acceptors (Lipinski definition) is 5. The number of rotatable bonds is 7. The van der Waals surface area contributed by atoms with E-state index in [4.69, 9.17) is 0 Å². The Kier molecular flexibility index (Phi) is 5.05. The molecule has 0 saturated heterocycles. The third-order valence-corrected chi connectivity index (χ3v) is 4.19. The molecule has 1 atom stereocenters. The van der Waals surface area contributed by atoms with Crippen molar-refractivity contribution < 1.29 is 14.7 Å². The highest BCUT2D eigenvalue weighted by Gasteiger charge is 2.15. The maximum absolute atomic E-state index is 11.3. The Bertz CT molecular complexity index is 937. The number of fused-ring (bicyclic) bond motifs is 2. The molecule has 0 spiro atoms. The topological polar surface area (TPSA) is 79.3 Å². The molecule has 127 valence electrons. The quantitative estimate of drug-likeness (QED) is 0.649. The first kappa shape index (κ1) is 17.0. The van der Waals surface area contributed by atoms with E-state index in [-0.39, 0.29) is 18.8 Å². The fourth-order valence-corrected chi connectivity index (χ4v) is 3.02. The highest BCUT2D eigenvalue weighted by Crippen LogP contribution is 2.32. The lowest BCUT2D eigenvalue weighted by molar-refractivity contribution is -0.117. The number of nitrogens with one attached hydrogen (secondary N) is 1. The van der Waals surface area contributed by atoms with Gasteiger partial charge in [-0.15, -0.1) is 0 Å². The number of para-hydroxylation sites is 2. The van der Waals surface area contributed by atoms with E-state index in [9.17, 15) is 14.7 Å².